The summed E-state index contributed by atoms with van der Waals surface area (Å²) in [6.07, 6.45) is 15.0. The minimum absolute atomic E-state index is 0.220. The molecule has 0 spiro atoms. The molecular formula is C26H37FN4O. The Morgan fingerprint density at radius 2 is 1.75 bits per heavy atom. The number of halogens is 1. The first kappa shape index (κ1) is 22.1. The number of hydrogen-bond acceptors (Lipinski definition) is 4. The van der Waals surface area contributed by atoms with Crippen LogP contribution < -0.4 is 0 Å². The van der Waals surface area contributed by atoms with Crippen LogP contribution in [0.25, 0.3) is 5.69 Å². The van der Waals surface area contributed by atoms with Gasteiger partial charge in [-0.05, 0) is 81.8 Å². The van der Waals surface area contributed by atoms with E-state index in [0.29, 0.717) is 6.10 Å². The van der Waals surface area contributed by atoms with Crippen LogP contribution in [0.3, 0.4) is 0 Å². The average Bonchev–Trinajstić information content (AvgIpc) is 3.58. The van der Waals surface area contributed by atoms with Gasteiger partial charge in [0.05, 0.1) is 18.0 Å². The lowest BCUT2D eigenvalue weighted by Crippen LogP contribution is -2.43. The molecule has 2 saturated heterocycles. The first-order valence-electron chi connectivity index (χ1n) is 12.6. The van der Waals surface area contributed by atoms with Gasteiger partial charge < -0.3 is 9.64 Å². The maximum atomic E-state index is 13.3. The highest BCUT2D eigenvalue weighted by molar-refractivity contribution is 5.31. The zero-order valence-electron chi connectivity index (χ0n) is 19.2. The van der Waals surface area contributed by atoms with Crippen molar-refractivity contribution in [1.29, 1.82) is 0 Å². The van der Waals surface area contributed by atoms with Crippen LogP contribution in [0.4, 0.5) is 4.39 Å². The summed E-state index contributed by atoms with van der Waals surface area (Å²) in [5.41, 5.74) is 2.10. The summed E-state index contributed by atoms with van der Waals surface area (Å²) in [5.74, 6) is 0.545. The zero-order valence-corrected chi connectivity index (χ0v) is 19.2. The van der Waals surface area contributed by atoms with Gasteiger partial charge in [0.25, 0.3) is 0 Å². The number of likely N-dealkylation sites (tertiary alicyclic amines) is 1. The maximum Gasteiger partial charge on any atom is 0.123 e. The molecule has 1 atom stereocenters. The van der Waals surface area contributed by atoms with Crippen molar-refractivity contribution in [1.82, 2.24) is 19.6 Å². The van der Waals surface area contributed by atoms with Crippen LogP contribution in [0.5, 0.6) is 0 Å². The molecule has 1 aromatic carbocycles. The predicted octanol–water partition coefficient (Wildman–Crippen LogP) is 4.65. The standard InChI is InChI=1S/C26H37FN4O/c27-23-7-9-25(10-8-23)31-19-22(16-28-31)18-29(20-26-6-3-15-32-26)17-21-11-13-30(14-12-21)24-4-1-2-5-24/h7-10,16,19,21,24,26H,1-6,11-15,17-18,20H2/t26-/m0/s1. The normalized spacial score (nSPS) is 23.5. The number of ether oxygens (including phenoxy) is 1. The Kier molecular flexibility index (Phi) is 7.20. The quantitative estimate of drug-likeness (QED) is 0.599. The Bertz CT molecular complexity index is 834. The molecule has 2 aliphatic heterocycles. The molecule has 1 aliphatic carbocycles. The maximum absolute atomic E-state index is 13.3. The molecule has 0 bridgehead atoms. The Balaban J connectivity index is 1.20. The molecule has 1 saturated carbocycles. The molecule has 0 amide bonds. The van der Waals surface area contributed by atoms with E-state index >= 15 is 0 Å². The van der Waals surface area contributed by atoms with Crippen LogP contribution in [-0.2, 0) is 11.3 Å². The van der Waals surface area contributed by atoms with Crippen molar-refractivity contribution in [2.45, 2.75) is 70.1 Å². The average molecular weight is 441 g/mol. The molecule has 1 aromatic heterocycles. The minimum Gasteiger partial charge on any atom is -0.377 e. The van der Waals surface area contributed by atoms with E-state index in [4.69, 9.17) is 4.74 Å². The van der Waals surface area contributed by atoms with Crippen molar-refractivity contribution < 1.29 is 9.13 Å². The highest BCUT2D eigenvalue weighted by Gasteiger charge is 2.29. The van der Waals surface area contributed by atoms with E-state index < -0.39 is 0 Å². The molecule has 174 valence electrons. The SMILES string of the molecule is Fc1ccc(-n2cc(CN(CC3CCN(C4CCCC4)CC3)C[C@@H]3CCCO3)cn2)cc1. The Labute approximate surface area is 191 Å². The van der Waals surface area contributed by atoms with E-state index in [0.717, 1.165) is 43.9 Å². The van der Waals surface area contributed by atoms with Crippen molar-refractivity contribution in [2.75, 3.05) is 32.8 Å². The van der Waals surface area contributed by atoms with Crippen molar-refractivity contribution in [2.24, 2.45) is 5.92 Å². The monoisotopic (exact) mass is 440 g/mol. The molecule has 5 rings (SSSR count). The van der Waals surface area contributed by atoms with Gasteiger partial charge in [-0.25, -0.2) is 9.07 Å². The van der Waals surface area contributed by atoms with Gasteiger partial charge in [-0.15, -0.1) is 0 Å². The van der Waals surface area contributed by atoms with Crippen molar-refractivity contribution in [3.63, 3.8) is 0 Å². The molecule has 5 nitrogen and oxygen atoms in total. The van der Waals surface area contributed by atoms with E-state index in [-0.39, 0.29) is 5.82 Å². The lowest BCUT2D eigenvalue weighted by atomic mass is 9.94. The van der Waals surface area contributed by atoms with Crippen LogP contribution in [0.2, 0.25) is 0 Å². The van der Waals surface area contributed by atoms with Crippen LogP contribution in [0, 0.1) is 11.7 Å². The van der Waals surface area contributed by atoms with Gasteiger partial charge >= 0.3 is 0 Å². The Morgan fingerprint density at radius 1 is 0.969 bits per heavy atom. The zero-order chi connectivity index (χ0) is 21.8. The number of nitrogens with zero attached hydrogens (tertiary/aromatic N) is 4. The summed E-state index contributed by atoms with van der Waals surface area (Å²) in [6.45, 7) is 6.48. The van der Waals surface area contributed by atoms with Gasteiger partial charge in [-0.1, -0.05) is 12.8 Å². The van der Waals surface area contributed by atoms with E-state index in [1.54, 1.807) is 12.1 Å². The van der Waals surface area contributed by atoms with Gasteiger partial charge in [0.2, 0.25) is 0 Å². The molecule has 6 heteroatoms. The Hall–Kier alpha value is -1.76. The van der Waals surface area contributed by atoms with E-state index in [2.05, 4.69) is 21.1 Å². The molecule has 2 aromatic rings. The highest BCUT2D eigenvalue weighted by Crippen LogP contribution is 2.28. The molecule has 3 aliphatic rings. The highest BCUT2D eigenvalue weighted by atomic mass is 19.1. The molecular weight excluding hydrogens is 403 g/mol. The van der Waals surface area contributed by atoms with Gasteiger partial charge in [0.1, 0.15) is 5.82 Å². The molecule has 0 N–H and O–H groups in total. The van der Waals surface area contributed by atoms with Crippen molar-refractivity contribution >= 4 is 0 Å². The fraction of sp³-hybridized carbons (Fsp3) is 0.654. The van der Waals surface area contributed by atoms with Crippen LogP contribution in [0.1, 0.15) is 56.9 Å². The number of hydrogen-bond donors (Lipinski definition) is 0. The summed E-state index contributed by atoms with van der Waals surface area (Å²) in [4.78, 5) is 5.36. The smallest absolute Gasteiger partial charge is 0.123 e. The first-order valence-corrected chi connectivity index (χ1v) is 12.6. The topological polar surface area (TPSA) is 33.5 Å². The molecule has 0 radical (unpaired) electrons. The summed E-state index contributed by atoms with van der Waals surface area (Å²) in [5, 5.41) is 4.53. The van der Waals surface area contributed by atoms with Crippen molar-refractivity contribution in [3.05, 3.63) is 48.0 Å². The van der Waals surface area contributed by atoms with E-state index in [1.807, 2.05) is 10.9 Å². The minimum atomic E-state index is -0.220. The largest absolute Gasteiger partial charge is 0.377 e. The third kappa shape index (κ3) is 5.59. The second-order valence-electron chi connectivity index (χ2n) is 10.0. The van der Waals surface area contributed by atoms with Gasteiger partial charge in [-0.2, -0.15) is 5.10 Å². The summed E-state index contributed by atoms with van der Waals surface area (Å²) in [6, 6.07) is 7.37. The molecule has 3 fully saturated rings. The van der Waals surface area contributed by atoms with Gasteiger partial charge in [-0.3, -0.25) is 4.90 Å². The summed E-state index contributed by atoms with van der Waals surface area (Å²) < 4.78 is 21.1. The fourth-order valence-electron chi connectivity index (χ4n) is 5.85. The lowest BCUT2D eigenvalue weighted by molar-refractivity contribution is 0.0540. The van der Waals surface area contributed by atoms with Crippen LogP contribution in [0.15, 0.2) is 36.7 Å². The van der Waals surface area contributed by atoms with Crippen LogP contribution in [-0.4, -0.2) is 64.5 Å². The molecule has 3 heterocycles. The number of aromatic nitrogens is 2. The van der Waals surface area contributed by atoms with Gasteiger partial charge in [0, 0.05) is 44.0 Å². The fourth-order valence-corrected chi connectivity index (χ4v) is 5.85. The van der Waals surface area contributed by atoms with E-state index in [9.17, 15) is 4.39 Å². The Morgan fingerprint density at radius 3 is 2.47 bits per heavy atom. The number of piperidine rings is 1. The predicted molar refractivity (Wildman–Crippen MR) is 124 cm³/mol. The lowest BCUT2D eigenvalue weighted by Gasteiger charge is -2.38. The summed E-state index contributed by atoms with van der Waals surface area (Å²) >= 11 is 0. The molecule has 32 heavy (non-hydrogen) atoms. The third-order valence-corrected chi connectivity index (χ3v) is 7.63. The summed E-state index contributed by atoms with van der Waals surface area (Å²) in [7, 11) is 0. The van der Waals surface area contributed by atoms with Crippen LogP contribution >= 0.6 is 0 Å². The third-order valence-electron chi connectivity index (χ3n) is 7.63. The first-order chi connectivity index (χ1) is 15.7. The van der Waals surface area contributed by atoms with Crippen molar-refractivity contribution in [3.8, 4) is 5.69 Å². The second-order valence-corrected chi connectivity index (χ2v) is 10.0. The number of benzene rings is 1. The molecule has 0 unspecified atom stereocenters. The number of rotatable bonds is 8. The van der Waals surface area contributed by atoms with Gasteiger partial charge in [0.15, 0.2) is 0 Å². The van der Waals surface area contributed by atoms with E-state index in [1.165, 1.54) is 82.2 Å². The second kappa shape index (κ2) is 10.4.